The summed E-state index contributed by atoms with van der Waals surface area (Å²) >= 11 is 0. The van der Waals surface area contributed by atoms with Gasteiger partial charge in [-0.05, 0) is 31.7 Å². The molecule has 1 atom stereocenters. The molecule has 0 heterocycles. The predicted octanol–water partition coefficient (Wildman–Crippen LogP) is 0.919. The van der Waals surface area contributed by atoms with Crippen molar-refractivity contribution in [2.45, 2.75) is 30.7 Å². The van der Waals surface area contributed by atoms with Gasteiger partial charge in [-0.3, -0.25) is 10.1 Å². The van der Waals surface area contributed by atoms with Crippen molar-refractivity contribution < 1.29 is 13.3 Å². The molecule has 0 aliphatic heterocycles. The monoisotopic (exact) mass is 299 g/mol. The van der Waals surface area contributed by atoms with Gasteiger partial charge in [-0.15, -0.1) is 0 Å². The molecule has 1 unspecified atom stereocenters. The molecule has 0 radical (unpaired) electrons. The number of benzene rings is 1. The van der Waals surface area contributed by atoms with E-state index < -0.39 is 14.9 Å². The van der Waals surface area contributed by atoms with Gasteiger partial charge in [0.1, 0.15) is 0 Å². The smallest absolute Gasteiger partial charge is 0.273 e. The van der Waals surface area contributed by atoms with Gasteiger partial charge in [-0.25, -0.2) is 13.1 Å². The molecule has 2 rings (SSSR count). The first-order valence-corrected chi connectivity index (χ1v) is 7.80. The maximum absolute atomic E-state index is 12.1. The lowest BCUT2D eigenvalue weighted by atomic mass is 10.2. The molecule has 0 spiro atoms. The average Bonchev–Trinajstić information content (AvgIpc) is 3.20. The molecule has 0 saturated heterocycles. The Morgan fingerprint density at radius 2 is 2.15 bits per heavy atom. The zero-order chi connectivity index (χ0) is 14.9. The minimum atomic E-state index is -3.77. The van der Waals surface area contributed by atoms with Crippen molar-refractivity contribution in [2.24, 2.45) is 11.7 Å². The molecule has 1 aromatic carbocycles. The summed E-state index contributed by atoms with van der Waals surface area (Å²) in [5, 5.41) is 10.8. The number of sulfonamides is 1. The number of nitro benzene ring substituents is 1. The molecule has 7 nitrogen and oxygen atoms in total. The van der Waals surface area contributed by atoms with Crippen LogP contribution < -0.4 is 10.5 Å². The largest absolute Gasteiger partial charge is 0.326 e. The number of nitrogens with two attached hydrogens (primary N) is 1. The van der Waals surface area contributed by atoms with Gasteiger partial charge in [0.15, 0.2) is 0 Å². The fourth-order valence-electron chi connectivity index (χ4n) is 1.93. The standard InChI is InChI=1S/C12H17N3O4S/c1-8-2-5-10(6-12(8)15(16)17)20(18,19)14-7-11(13)9-3-4-9/h2,5-6,9,11,14H,3-4,7,13H2,1H3. The second-order valence-electron chi connectivity index (χ2n) is 5.06. The van der Waals surface area contributed by atoms with Crippen molar-refractivity contribution in [3.05, 3.63) is 33.9 Å². The van der Waals surface area contributed by atoms with Gasteiger partial charge in [0.25, 0.3) is 5.69 Å². The summed E-state index contributed by atoms with van der Waals surface area (Å²) in [5.74, 6) is 0.380. The molecule has 1 saturated carbocycles. The SMILES string of the molecule is Cc1ccc(S(=O)(=O)NCC(N)C2CC2)cc1[N+](=O)[O-]. The van der Waals surface area contributed by atoms with Crippen molar-refractivity contribution in [1.82, 2.24) is 4.72 Å². The molecule has 8 heteroatoms. The lowest BCUT2D eigenvalue weighted by molar-refractivity contribution is -0.385. The van der Waals surface area contributed by atoms with Gasteiger partial charge in [0.05, 0.1) is 9.82 Å². The van der Waals surface area contributed by atoms with Crippen LogP contribution in [0.15, 0.2) is 23.1 Å². The Balaban J connectivity index is 2.16. The summed E-state index contributed by atoms with van der Waals surface area (Å²) in [4.78, 5) is 10.1. The second-order valence-corrected chi connectivity index (χ2v) is 6.83. The summed E-state index contributed by atoms with van der Waals surface area (Å²) in [6.45, 7) is 1.71. The fraction of sp³-hybridized carbons (Fsp3) is 0.500. The zero-order valence-electron chi connectivity index (χ0n) is 11.1. The van der Waals surface area contributed by atoms with E-state index in [1.54, 1.807) is 6.92 Å². The van der Waals surface area contributed by atoms with Crippen LogP contribution in [0, 0.1) is 23.0 Å². The molecule has 110 valence electrons. The van der Waals surface area contributed by atoms with E-state index in [9.17, 15) is 18.5 Å². The lowest BCUT2D eigenvalue weighted by Crippen LogP contribution is -2.38. The number of hydrogen-bond donors (Lipinski definition) is 2. The van der Waals surface area contributed by atoms with Crippen LogP contribution >= 0.6 is 0 Å². The van der Waals surface area contributed by atoms with E-state index in [1.165, 1.54) is 12.1 Å². The van der Waals surface area contributed by atoms with Gasteiger partial charge >= 0.3 is 0 Å². The molecule has 3 N–H and O–H groups in total. The maximum atomic E-state index is 12.1. The molecular weight excluding hydrogens is 282 g/mol. The summed E-state index contributed by atoms with van der Waals surface area (Å²) < 4.78 is 26.6. The van der Waals surface area contributed by atoms with Gasteiger partial charge in [-0.2, -0.15) is 0 Å². The number of aryl methyl sites for hydroxylation is 1. The molecule has 0 bridgehead atoms. The first kappa shape index (κ1) is 14.9. The Bertz CT molecular complexity index is 626. The van der Waals surface area contributed by atoms with E-state index in [2.05, 4.69) is 4.72 Å². The topological polar surface area (TPSA) is 115 Å². The van der Waals surface area contributed by atoms with Gasteiger partial charge < -0.3 is 5.73 Å². The zero-order valence-corrected chi connectivity index (χ0v) is 11.9. The summed E-state index contributed by atoms with van der Waals surface area (Å²) in [7, 11) is -3.77. The van der Waals surface area contributed by atoms with Gasteiger partial charge in [0.2, 0.25) is 10.0 Å². The highest BCUT2D eigenvalue weighted by Gasteiger charge is 2.29. The third kappa shape index (κ3) is 3.33. The molecule has 20 heavy (non-hydrogen) atoms. The Hall–Kier alpha value is -1.51. The highest BCUT2D eigenvalue weighted by Crippen LogP contribution is 2.31. The van der Waals surface area contributed by atoms with Crippen molar-refractivity contribution in [1.29, 1.82) is 0 Å². The van der Waals surface area contributed by atoms with Crippen molar-refractivity contribution >= 4 is 15.7 Å². The maximum Gasteiger partial charge on any atom is 0.273 e. The van der Waals surface area contributed by atoms with Crippen LogP contribution in [-0.2, 0) is 10.0 Å². The van der Waals surface area contributed by atoms with Gasteiger partial charge in [-0.1, -0.05) is 6.07 Å². The third-order valence-corrected chi connectivity index (χ3v) is 4.85. The number of hydrogen-bond acceptors (Lipinski definition) is 5. The van der Waals surface area contributed by atoms with E-state index in [0.29, 0.717) is 11.5 Å². The van der Waals surface area contributed by atoms with E-state index in [0.717, 1.165) is 18.9 Å². The molecule has 1 aliphatic rings. The first-order chi connectivity index (χ1) is 9.31. The van der Waals surface area contributed by atoms with E-state index in [1.807, 2.05) is 0 Å². The molecule has 1 fully saturated rings. The Morgan fingerprint density at radius 1 is 1.50 bits per heavy atom. The Labute approximate surface area is 117 Å². The Kier molecular flexibility index (Phi) is 4.07. The van der Waals surface area contributed by atoms with Crippen LogP contribution in [0.25, 0.3) is 0 Å². The van der Waals surface area contributed by atoms with Crippen LogP contribution in [0.3, 0.4) is 0 Å². The van der Waals surface area contributed by atoms with Crippen molar-refractivity contribution in [3.63, 3.8) is 0 Å². The van der Waals surface area contributed by atoms with Crippen LogP contribution in [-0.4, -0.2) is 25.9 Å². The molecule has 0 aromatic heterocycles. The molecule has 1 aliphatic carbocycles. The molecular formula is C12H17N3O4S. The van der Waals surface area contributed by atoms with Crippen molar-refractivity contribution in [2.75, 3.05) is 6.54 Å². The quantitative estimate of drug-likeness (QED) is 0.598. The summed E-state index contributed by atoms with van der Waals surface area (Å²) in [5.41, 5.74) is 6.04. The summed E-state index contributed by atoms with van der Waals surface area (Å²) in [6, 6.07) is 3.64. The number of rotatable bonds is 6. The Morgan fingerprint density at radius 3 is 2.70 bits per heavy atom. The van der Waals surface area contributed by atoms with Crippen LogP contribution in [0.4, 0.5) is 5.69 Å². The number of nitro groups is 1. The minimum Gasteiger partial charge on any atom is -0.326 e. The lowest BCUT2D eigenvalue weighted by Gasteiger charge is -2.12. The third-order valence-electron chi connectivity index (χ3n) is 3.42. The first-order valence-electron chi connectivity index (χ1n) is 6.31. The fourth-order valence-corrected chi connectivity index (χ4v) is 3.03. The normalized spacial score (nSPS) is 16.9. The highest BCUT2D eigenvalue weighted by molar-refractivity contribution is 7.89. The van der Waals surface area contributed by atoms with Crippen LogP contribution in [0.5, 0.6) is 0 Å². The van der Waals surface area contributed by atoms with E-state index >= 15 is 0 Å². The second kappa shape index (κ2) is 5.47. The van der Waals surface area contributed by atoms with E-state index in [-0.39, 0.29) is 23.2 Å². The predicted molar refractivity (Wildman–Crippen MR) is 73.7 cm³/mol. The highest BCUT2D eigenvalue weighted by atomic mass is 32.2. The van der Waals surface area contributed by atoms with Crippen molar-refractivity contribution in [3.8, 4) is 0 Å². The minimum absolute atomic E-state index is 0.113. The van der Waals surface area contributed by atoms with Crippen LogP contribution in [0.2, 0.25) is 0 Å². The van der Waals surface area contributed by atoms with E-state index in [4.69, 9.17) is 5.73 Å². The number of nitrogens with zero attached hydrogens (tertiary/aromatic N) is 1. The molecule has 1 aromatic rings. The molecule has 0 amide bonds. The van der Waals surface area contributed by atoms with Gasteiger partial charge in [0, 0.05) is 24.2 Å². The summed E-state index contributed by atoms with van der Waals surface area (Å²) in [6.07, 6.45) is 2.05. The average molecular weight is 299 g/mol. The number of nitrogens with one attached hydrogen (secondary N) is 1. The van der Waals surface area contributed by atoms with Crippen LogP contribution in [0.1, 0.15) is 18.4 Å².